The maximum atomic E-state index is 13.4. The molecule has 0 aliphatic rings. The highest BCUT2D eigenvalue weighted by Gasteiger charge is 2.21. The average molecular weight is 373 g/mol. The molecule has 1 amide bonds. The van der Waals surface area contributed by atoms with E-state index in [1.54, 1.807) is 24.5 Å². The summed E-state index contributed by atoms with van der Waals surface area (Å²) in [5.41, 5.74) is 3.95. The van der Waals surface area contributed by atoms with Crippen molar-refractivity contribution >= 4 is 16.8 Å². The zero-order valence-electron chi connectivity index (χ0n) is 15.2. The van der Waals surface area contributed by atoms with Gasteiger partial charge in [0.05, 0.1) is 0 Å². The van der Waals surface area contributed by atoms with Gasteiger partial charge in [0.1, 0.15) is 5.82 Å². The number of carbonyl (C=O) groups excluding carboxylic acids is 1. The Morgan fingerprint density at radius 2 is 1.79 bits per heavy atom. The first kappa shape index (κ1) is 17.9. The van der Waals surface area contributed by atoms with Gasteiger partial charge in [-0.2, -0.15) is 0 Å². The number of para-hydroxylation sites is 1. The normalized spacial score (nSPS) is 12.0. The molecule has 0 saturated carbocycles. The van der Waals surface area contributed by atoms with E-state index in [0.717, 1.165) is 27.6 Å². The highest BCUT2D eigenvalue weighted by molar-refractivity contribution is 5.86. The summed E-state index contributed by atoms with van der Waals surface area (Å²) in [6.45, 7) is 0.450. The molecule has 140 valence electrons. The molecule has 4 rings (SSSR count). The lowest BCUT2D eigenvalue weighted by Crippen LogP contribution is -2.25. The Balaban J connectivity index is 1.60. The minimum absolute atomic E-state index is 0.0589. The summed E-state index contributed by atoms with van der Waals surface area (Å²) < 4.78 is 13.4. The first-order valence-corrected chi connectivity index (χ1v) is 9.18. The monoisotopic (exact) mass is 373 g/mol. The maximum absolute atomic E-state index is 13.4. The Bertz CT molecular complexity index is 1070. The van der Waals surface area contributed by atoms with Gasteiger partial charge < -0.3 is 10.3 Å². The smallest absolute Gasteiger partial charge is 0.221 e. The number of nitrogens with zero attached hydrogens (tertiary/aromatic N) is 1. The minimum Gasteiger partial charge on any atom is -0.361 e. The van der Waals surface area contributed by atoms with Gasteiger partial charge >= 0.3 is 0 Å². The van der Waals surface area contributed by atoms with Crippen LogP contribution in [-0.2, 0) is 11.3 Å². The van der Waals surface area contributed by atoms with Crippen LogP contribution in [0.4, 0.5) is 4.39 Å². The zero-order valence-corrected chi connectivity index (χ0v) is 15.2. The van der Waals surface area contributed by atoms with Crippen molar-refractivity contribution in [2.24, 2.45) is 0 Å². The molecule has 2 N–H and O–H groups in total. The Morgan fingerprint density at radius 1 is 1.04 bits per heavy atom. The van der Waals surface area contributed by atoms with Crippen LogP contribution in [0, 0.1) is 5.82 Å². The van der Waals surface area contributed by atoms with Gasteiger partial charge in [-0.1, -0.05) is 30.3 Å². The van der Waals surface area contributed by atoms with Crippen molar-refractivity contribution < 1.29 is 9.18 Å². The summed E-state index contributed by atoms with van der Waals surface area (Å²) >= 11 is 0. The number of H-pyrrole nitrogens is 1. The molecule has 2 heterocycles. The average Bonchev–Trinajstić information content (AvgIpc) is 3.16. The zero-order chi connectivity index (χ0) is 19.3. The number of aromatic nitrogens is 2. The summed E-state index contributed by atoms with van der Waals surface area (Å²) in [5.74, 6) is -0.519. The summed E-state index contributed by atoms with van der Waals surface area (Å²) in [4.78, 5) is 19.9. The highest BCUT2D eigenvalue weighted by Crippen LogP contribution is 2.33. The number of hydrogen-bond donors (Lipinski definition) is 2. The Kier molecular flexibility index (Phi) is 5.15. The third-order valence-electron chi connectivity index (χ3n) is 4.90. The lowest BCUT2D eigenvalue weighted by Gasteiger charge is -2.17. The van der Waals surface area contributed by atoms with Crippen LogP contribution in [0.15, 0.2) is 79.3 Å². The second-order valence-electron chi connectivity index (χ2n) is 6.73. The first-order chi connectivity index (χ1) is 13.7. The largest absolute Gasteiger partial charge is 0.361 e. The molecule has 0 saturated heterocycles. The van der Waals surface area contributed by atoms with Crippen molar-refractivity contribution in [3.8, 4) is 0 Å². The lowest BCUT2D eigenvalue weighted by atomic mass is 9.88. The Hall–Kier alpha value is -3.47. The number of aromatic amines is 1. The van der Waals surface area contributed by atoms with E-state index in [1.165, 1.54) is 12.1 Å². The molecule has 1 atom stereocenters. The second kappa shape index (κ2) is 8.05. The van der Waals surface area contributed by atoms with Crippen molar-refractivity contribution in [2.45, 2.75) is 18.9 Å². The maximum Gasteiger partial charge on any atom is 0.221 e. The van der Waals surface area contributed by atoms with Crippen LogP contribution in [0.1, 0.15) is 29.0 Å². The fraction of sp³-hybridized carbons (Fsp3) is 0.130. The minimum atomic E-state index is -0.288. The van der Waals surface area contributed by atoms with Gasteiger partial charge in [-0.25, -0.2) is 4.39 Å². The molecule has 0 aliphatic heterocycles. The quantitative estimate of drug-likeness (QED) is 0.521. The number of hydrogen-bond acceptors (Lipinski definition) is 2. The van der Waals surface area contributed by atoms with E-state index < -0.39 is 0 Å². The molecule has 0 fully saturated rings. The number of nitrogens with one attached hydrogen (secondary N) is 2. The van der Waals surface area contributed by atoms with E-state index in [-0.39, 0.29) is 24.1 Å². The number of carbonyl (C=O) groups is 1. The van der Waals surface area contributed by atoms with Crippen LogP contribution < -0.4 is 5.32 Å². The van der Waals surface area contributed by atoms with Gasteiger partial charge in [-0.05, 0) is 47.0 Å². The van der Waals surface area contributed by atoms with E-state index in [4.69, 9.17) is 0 Å². The van der Waals surface area contributed by atoms with E-state index in [1.807, 2.05) is 42.6 Å². The van der Waals surface area contributed by atoms with Crippen molar-refractivity contribution in [1.82, 2.24) is 15.3 Å². The predicted molar refractivity (Wildman–Crippen MR) is 107 cm³/mol. The molecule has 4 aromatic rings. The Labute approximate surface area is 162 Å². The van der Waals surface area contributed by atoms with Crippen LogP contribution in [0.25, 0.3) is 10.9 Å². The van der Waals surface area contributed by atoms with Gasteiger partial charge in [-0.3, -0.25) is 9.78 Å². The summed E-state index contributed by atoms with van der Waals surface area (Å²) in [7, 11) is 0. The van der Waals surface area contributed by atoms with Crippen LogP contribution >= 0.6 is 0 Å². The van der Waals surface area contributed by atoms with Crippen molar-refractivity contribution in [3.63, 3.8) is 0 Å². The third kappa shape index (κ3) is 3.93. The van der Waals surface area contributed by atoms with Gasteiger partial charge in [0, 0.05) is 48.4 Å². The van der Waals surface area contributed by atoms with Crippen LogP contribution in [-0.4, -0.2) is 15.9 Å². The predicted octanol–water partition coefficient (Wildman–Crippen LogP) is 4.54. The number of benzene rings is 2. The van der Waals surface area contributed by atoms with Crippen molar-refractivity contribution in [2.75, 3.05) is 0 Å². The second-order valence-corrected chi connectivity index (χ2v) is 6.73. The molecular weight excluding hydrogens is 353 g/mol. The summed E-state index contributed by atoms with van der Waals surface area (Å²) in [6.07, 6.45) is 5.62. The molecular formula is C23H20FN3O. The van der Waals surface area contributed by atoms with Gasteiger partial charge in [0.25, 0.3) is 0 Å². The van der Waals surface area contributed by atoms with Gasteiger partial charge in [0.2, 0.25) is 5.91 Å². The molecule has 0 aliphatic carbocycles. The van der Waals surface area contributed by atoms with Crippen molar-refractivity contribution in [3.05, 3.63) is 102 Å². The fourth-order valence-electron chi connectivity index (χ4n) is 3.44. The van der Waals surface area contributed by atoms with E-state index >= 15 is 0 Å². The first-order valence-electron chi connectivity index (χ1n) is 9.18. The lowest BCUT2D eigenvalue weighted by molar-refractivity contribution is -0.121. The number of halogens is 1. The van der Waals surface area contributed by atoms with Crippen molar-refractivity contribution in [1.29, 1.82) is 0 Å². The number of pyridine rings is 1. The number of fused-ring (bicyclic) bond motifs is 1. The third-order valence-corrected chi connectivity index (χ3v) is 4.90. The summed E-state index contributed by atoms with van der Waals surface area (Å²) in [6, 6.07) is 18.1. The van der Waals surface area contributed by atoms with Crippen LogP contribution in [0.3, 0.4) is 0 Å². The molecule has 2 aromatic heterocycles. The molecule has 0 bridgehead atoms. The molecule has 1 unspecified atom stereocenters. The highest BCUT2D eigenvalue weighted by atomic mass is 19.1. The molecule has 0 radical (unpaired) electrons. The molecule has 0 spiro atoms. The van der Waals surface area contributed by atoms with Crippen LogP contribution in [0.5, 0.6) is 0 Å². The summed E-state index contributed by atoms with van der Waals surface area (Å²) in [5, 5.41) is 4.04. The SMILES string of the molecule is O=C(CC(c1ccc(F)cc1)c1c[nH]c2ccccc12)NCc1ccncc1. The van der Waals surface area contributed by atoms with E-state index in [9.17, 15) is 9.18 Å². The topological polar surface area (TPSA) is 57.8 Å². The standard InChI is InChI=1S/C23H20FN3O/c24-18-7-5-17(6-8-18)20(21-15-26-22-4-2-1-3-19(21)22)13-23(28)27-14-16-9-11-25-12-10-16/h1-12,15,20,26H,13-14H2,(H,27,28). The number of amides is 1. The van der Waals surface area contributed by atoms with Gasteiger partial charge in [0.15, 0.2) is 0 Å². The van der Waals surface area contributed by atoms with E-state index in [0.29, 0.717) is 6.54 Å². The van der Waals surface area contributed by atoms with E-state index in [2.05, 4.69) is 15.3 Å². The molecule has 4 nitrogen and oxygen atoms in total. The Morgan fingerprint density at radius 3 is 2.57 bits per heavy atom. The molecule has 2 aromatic carbocycles. The fourth-order valence-corrected chi connectivity index (χ4v) is 3.44. The van der Waals surface area contributed by atoms with Crippen LogP contribution in [0.2, 0.25) is 0 Å². The molecule has 28 heavy (non-hydrogen) atoms. The van der Waals surface area contributed by atoms with Gasteiger partial charge in [-0.15, -0.1) is 0 Å². The number of rotatable bonds is 6. The molecule has 5 heteroatoms.